The van der Waals surface area contributed by atoms with Crippen LogP contribution in [0.2, 0.25) is 0 Å². The van der Waals surface area contributed by atoms with E-state index in [4.69, 9.17) is 21.0 Å². The molecule has 0 saturated heterocycles. The van der Waals surface area contributed by atoms with E-state index in [1.165, 1.54) is 11.8 Å². The molecule has 0 bridgehead atoms. The Hall–Kier alpha value is -1.95. The number of hydrogen-bond acceptors (Lipinski definition) is 5. The zero-order valence-corrected chi connectivity index (χ0v) is 12.3. The van der Waals surface area contributed by atoms with Gasteiger partial charge in [0.2, 0.25) is 0 Å². The van der Waals surface area contributed by atoms with Crippen LogP contribution < -0.4 is 0 Å². The average Bonchev–Trinajstić information content (AvgIpc) is 2.72. The minimum absolute atomic E-state index is 0.0221. The van der Waals surface area contributed by atoms with Crippen LogP contribution in [0.4, 0.5) is 0 Å². The predicted molar refractivity (Wildman–Crippen MR) is 76.5 cm³/mol. The third-order valence-corrected chi connectivity index (χ3v) is 4.75. The SMILES string of the molecule is CSC(=C(C#N)C#N)[C@@H]1CCCCC[C@H]1C(C#N)C#N. The van der Waals surface area contributed by atoms with Crippen molar-refractivity contribution in [3.63, 3.8) is 0 Å². The van der Waals surface area contributed by atoms with Gasteiger partial charge in [0.25, 0.3) is 0 Å². The van der Waals surface area contributed by atoms with Gasteiger partial charge in [-0.05, 0) is 30.9 Å². The van der Waals surface area contributed by atoms with Crippen LogP contribution in [0.25, 0.3) is 0 Å². The highest BCUT2D eigenvalue weighted by Crippen LogP contribution is 2.42. The summed E-state index contributed by atoms with van der Waals surface area (Å²) in [7, 11) is 0. The van der Waals surface area contributed by atoms with Crippen molar-refractivity contribution in [2.24, 2.45) is 17.8 Å². The van der Waals surface area contributed by atoms with Crippen LogP contribution in [0.5, 0.6) is 0 Å². The summed E-state index contributed by atoms with van der Waals surface area (Å²) in [5, 5.41) is 36.5. The van der Waals surface area contributed by atoms with Crippen LogP contribution in [-0.4, -0.2) is 6.26 Å². The number of nitriles is 4. The van der Waals surface area contributed by atoms with E-state index in [2.05, 4.69) is 12.1 Å². The summed E-state index contributed by atoms with van der Waals surface area (Å²) >= 11 is 1.40. The second-order valence-corrected chi connectivity index (χ2v) is 5.66. The fourth-order valence-electron chi connectivity index (χ4n) is 2.86. The van der Waals surface area contributed by atoms with Crippen LogP contribution in [-0.2, 0) is 0 Å². The molecule has 0 amide bonds. The van der Waals surface area contributed by atoms with Crippen molar-refractivity contribution in [3.8, 4) is 24.3 Å². The summed E-state index contributed by atoms with van der Waals surface area (Å²) in [4.78, 5) is 0.748. The van der Waals surface area contributed by atoms with E-state index >= 15 is 0 Å². The first-order valence-electron chi connectivity index (χ1n) is 6.61. The highest BCUT2D eigenvalue weighted by atomic mass is 32.2. The average molecular weight is 284 g/mol. The Morgan fingerprint density at radius 1 is 1.00 bits per heavy atom. The van der Waals surface area contributed by atoms with Crippen molar-refractivity contribution in [1.29, 1.82) is 21.0 Å². The molecule has 0 radical (unpaired) electrons. The highest BCUT2D eigenvalue weighted by Gasteiger charge is 2.34. The Bertz CT molecular complexity index is 508. The Balaban J connectivity index is 3.25. The molecule has 0 aromatic heterocycles. The molecule has 0 heterocycles. The number of thioether (sulfide) groups is 1. The largest absolute Gasteiger partial charge is 0.197 e. The molecule has 0 N–H and O–H groups in total. The van der Waals surface area contributed by atoms with Crippen molar-refractivity contribution in [2.75, 3.05) is 6.26 Å². The summed E-state index contributed by atoms with van der Waals surface area (Å²) < 4.78 is 0. The minimum Gasteiger partial charge on any atom is -0.197 e. The third-order valence-electron chi connectivity index (χ3n) is 3.80. The topological polar surface area (TPSA) is 95.2 Å². The molecule has 20 heavy (non-hydrogen) atoms. The molecule has 1 rings (SSSR count). The quantitative estimate of drug-likeness (QED) is 0.583. The molecule has 1 saturated carbocycles. The fraction of sp³-hybridized carbons (Fsp3) is 0.600. The lowest BCUT2D eigenvalue weighted by molar-refractivity contribution is 0.329. The molecule has 1 aliphatic rings. The molecule has 2 atom stereocenters. The van der Waals surface area contributed by atoms with E-state index < -0.39 is 5.92 Å². The Morgan fingerprint density at radius 3 is 2.10 bits per heavy atom. The van der Waals surface area contributed by atoms with Crippen molar-refractivity contribution >= 4 is 11.8 Å². The first kappa shape index (κ1) is 16.1. The summed E-state index contributed by atoms with van der Waals surface area (Å²) in [6.07, 6.45) is 6.58. The van der Waals surface area contributed by atoms with Crippen LogP contribution in [0, 0.1) is 63.1 Å². The molecular weight excluding hydrogens is 268 g/mol. The van der Waals surface area contributed by atoms with Gasteiger partial charge in [-0.3, -0.25) is 0 Å². The first-order chi connectivity index (χ1) is 9.73. The molecule has 0 spiro atoms. The zero-order chi connectivity index (χ0) is 15.0. The number of allylic oxidation sites excluding steroid dienone is 2. The van der Waals surface area contributed by atoms with Gasteiger partial charge in [-0.25, -0.2) is 0 Å². The van der Waals surface area contributed by atoms with E-state index in [1.807, 2.05) is 18.4 Å². The molecule has 0 unspecified atom stereocenters. The van der Waals surface area contributed by atoms with E-state index in [0.717, 1.165) is 37.0 Å². The van der Waals surface area contributed by atoms with E-state index in [1.54, 1.807) is 0 Å². The third kappa shape index (κ3) is 3.54. The van der Waals surface area contributed by atoms with E-state index in [9.17, 15) is 0 Å². The first-order valence-corrected chi connectivity index (χ1v) is 7.83. The van der Waals surface area contributed by atoms with Gasteiger partial charge in [-0.1, -0.05) is 19.3 Å². The Morgan fingerprint density at radius 2 is 1.60 bits per heavy atom. The molecule has 5 heteroatoms. The monoisotopic (exact) mass is 284 g/mol. The fourth-order valence-corrected chi connectivity index (χ4v) is 3.75. The van der Waals surface area contributed by atoms with Gasteiger partial charge in [0.15, 0.2) is 0 Å². The molecule has 0 aliphatic heterocycles. The molecule has 102 valence electrons. The van der Waals surface area contributed by atoms with Gasteiger partial charge >= 0.3 is 0 Å². The van der Waals surface area contributed by atoms with Crippen LogP contribution in [0.15, 0.2) is 10.5 Å². The van der Waals surface area contributed by atoms with Gasteiger partial charge in [0, 0.05) is 4.91 Å². The van der Waals surface area contributed by atoms with Gasteiger partial charge < -0.3 is 0 Å². The lowest BCUT2D eigenvalue weighted by atomic mass is 9.78. The lowest BCUT2D eigenvalue weighted by Crippen LogP contribution is -2.22. The second-order valence-electron chi connectivity index (χ2n) is 4.81. The second kappa shape index (κ2) is 8.27. The van der Waals surface area contributed by atoms with Gasteiger partial charge in [-0.2, -0.15) is 21.0 Å². The maximum atomic E-state index is 9.17. The van der Waals surface area contributed by atoms with Gasteiger partial charge in [0.05, 0.1) is 12.1 Å². The van der Waals surface area contributed by atoms with E-state index in [-0.39, 0.29) is 17.4 Å². The summed E-state index contributed by atoms with van der Waals surface area (Å²) in [6, 6.07) is 8.04. The van der Waals surface area contributed by atoms with Crippen molar-refractivity contribution in [2.45, 2.75) is 32.1 Å². The van der Waals surface area contributed by atoms with Gasteiger partial charge in [-0.15, -0.1) is 11.8 Å². The molecule has 1 fully saturated rings. The standard InChI is InChI=1S/C15H16N4S/c1-20-15(12(9-18)10-19)14-6-4-2-3-5-13(14)11(7-16)8-17/h11,13-14H,2-6H2,1H3/t13-,14+/m0/s1. The Kier molecular flexibility index (Phi) is 6.66. The number of hydrogen-bond donors (Lipinski definition) is 0. The van der Waals surface area contributed by atoms with Gasteiger partial charge in [0.1, 0.15) is 23.6 Å². The predicted octanol–water partition coefficient (Wildman–Crippen LogP) is 3.51. The molecule has 4 nitrogen and oxygen atoms in total. The van der Waals surface area contributed by atoms with Crippen molar-refractivity contribution in [3.05, 3.63) is 10.5 Å². The maximum absolute atomic E-state index is 9.17. The van der Waals surface area contributed by atoms with Crippen molar-refractivity contribution in [1.82, 2.24) is 0 Å². The van der Waals surface area contributed by atoms with Crippen LogP contribution in [0.3, 0.4) is 0 Å². The Labute approximate surface area is 124 Å². The maximum Gasteiger partial charge on any atom is 0.139 e. The van der Waals surface area contributed by atoms with Crippen molar-refractivity contribution < 1.29 is 0 Å². The van der Waals surface area contributed by atoms with Crippen LogP contribution >= 0.6 is 11.8 Å². The number of rotatable bonds is 3. The smallest absolute Gasteiger partial charge is 0.139 e. The molecule has 0 aromatic rings. The zero-order valence-electron chi connectivity index (χ0n) is 11.5. The highest BCUT2D eigenvalue weighted by molar-refractivity contribution is 8.02. The minimum atomic E-state index is -0.668. The normalized spacial score (nSPS) is 21.7. The summed E-state index contributed by atoms with van der Waals surface area (Å²) in [5.41, 5.74) is 0.129. The lowest BCUT2D eigenvalue weighted by Gasteiger charge is -2.27. The summed E-state index contributed by atoms with van der Waals surface area (Å²) in [6.45, 7) is 0. The summed E-state index contributed by atoms with van der Waals surface area (Å²) in [5.74, 6) is -0.767. The molecule has 1 aliphatic carbocycles. The molecule has 0 aromatic carbocycles. The molecular formula is C15H16N4S. The number of nitrogens with zero attached hydrogens (tertiary/aromatic N) is 4. The van der Waals surface area contributed by atoms with E-state index in [0.29, 0.717) is 0 Å². The van der Waals surface area contributed by atoms with Crippen LogP contribution in [0.1, 0.15) is 32.1 Å².